The molecule has 0 aromatic carbocycles. The zero-order valence-electron chi connectivity index (χ0n) is 15.3. The van der Waals surface area contributed by atoms with Crippen LogP contribution in [-0.4, -0.2) is 68.1 Å². The topological polar surface area (TPSA) is 140 Å². The predicted molar refractivity (Wildman–Crippen MR) is 85.6 cm³/mol. The Hall–Kier alpha value is -2.20. The fourth-order valence-corrected chi connectivity index (χ4v) is 2.68. The maximum absolute atomic E-state index is 11.8. The molecule has 1 aliphatic heterocycles. The third kappa shape index (κ3) is 6.96. The lowest BCUT2D eigenvalue weighted by Crippen LogP contribution is -2.54. The Labute approximate surface area is 151 Å². The molecule has 1 fully saturated rings. The number of nitrogens with two attached hydrogens (primary N) is 1. The third-order valence-electron chi connectivity index (χ3n) is 3.66. The van der Waals surface area contributed by atoms with Gasteiger partial charge < -0.3 is 29.4 Å². The molecule has 0 aromatic heterocycles. The number of methoxy groups -OCH3 is 1. The fraction of sp³-hybridized carbons (Fsp3) is 0.750. The maximum Gasteiger partial charge on any atom is 0.335 e. The average Bonchev–Trinajstić information content (AvgIpc) is 2.54. The Morgan fingerprint density at radius 1 is 1.04 bits per heavy atom. The summed E-state index contributed by atoms with van der Waals surface area (Å²) in [5.74, 6) is -2.54. The molecule has 0 bridgehead atoms. The van der Waals surface area contributed by atoms with Crippen molar-refractivity contribution in [2.24, 2.45) is 5.73 Å². The molecule has 26 heavy (non-hydrogen) atoms. The van der Waals surface area contributed by atoms with Gasteiger partial charge in [0.25, 0.3) is 0 Å². The predicted octanol–water partition coefficient (Wildman–Crippen LogP) is -0.539. The van der Waals surface area contributed by atoms with Gasteiger partial charge in [-0.25, -0.2) is 4.79 Å². The van der Waals surface area contributed by atoms with Crippen molar-refractivity contribution in [2.45, 2.75) is 64.1 Å². The number of hydrogen-bond acceptors (Lipinski definition) is 10. The van der Waals surface area contributed by atoms with Crippen LogP contribution in [0.3, 0.4) is 0 Å². The van der Waals surface area contributed by atoms with E-state index in [1.54, 1.807) is 0 Å². The van der Waals surface area contributed by atoms with Crippen LogP contribution in [0, 0.1) is 0 Å². The van der Waals surface area contributed by atoms with Gasteiger partial charge in [0.05, 0.1) is 7.11 Å². The summed E-state index contributed by atoms with van der Waals surface area (Å²) in [7, 11) is 1.22. The van der Waals surface area contributed by atoms with Gasteiger partial charge >= 0.3 is 23.9 Å². The molecule has 1 saturated heterocycles. The molecule has 1 heterocycles. The molecule has 1 rings (SSSR count). The summed E-state index contributed by atoms with van der Waals surface area (Å²) in [5, 5.41) is 0. The highest BCUT2D eigenvalue weighted by Crippen LogP contribution is 2.26. The molecule has 1 aliphatic rings. The normalized spacial score (nSPS) is 24.7. The largest absolute Gasteiger partial charge is 0.467 e. The first-order valence-electron chi connectivity index (χ1n) is 8.10. The Bertz CT molecular complexity index is 536. The number of rotatable bonds is 7. The van der Waals surface area contributed by atoms with Crippen LogP contribution in [0.1, 0.15) is 33.6 Å². The summed E-state index contributed by atoms with van der Waals surface area (Å²) in [4.78, 5) is 45.8. The van der Waals surface area contributed by atoms with E-state index >= 15 is 0 Å². The molecule has 10 heteroatoms. The lowest BCUT2D eigenvalue weighted by atomic mass is 9.93. The van der Waals surface area contributed by atoms with E-state index in [9.17, 15) is 19.2 Å². The number of carbonyl (C=O) groups is 4. The van der Waals surface area contributed by atoms with Crippen LogP contribution in [0.25, 0.3) is 0 Å². The van der Waals surface area contributed by atoms with Crippen LogP contribution < -0.4 is 5.73 Å². The Morgan fingerprint density at radius 2 is 1.65 bits per heavy atom. The zero-order chi connectivity index (χ0) is 19.9. The van der Waals surface area contributed by atoms with Crippen LogP contribution >= 0.6 is 0 Å². The van der Waals surface area contributed by atoms with Gasteiger partial charge in [0, 0.05) is 26.8 Å². The lowest BCUT2D eigenvalue weighted by Gasteiger charge is -2.38. The van der Waals surface area contributed by atoms with E-state index in [-0.39, 0.29) is 19.4 Å². The molecule has 0 spiro atoms. The summed E-state index contributed by atoms with van der Waals surface area (Å²) in [5.41, 5.74) is 5.98. The molecule has 5 unspecified atom stereocenters. The quantitative estimate of drug-likeness (QED) is 0.455. The highest BCUT2D eigenvalue weighted by molar-refractivity contribution is 5.74. The van der Waals surface area contributed by atoms with Gasteiger partial charge in [0.1, 0.15) is 12.7 Å². The van der Waals surface area contributed by atoms with Crippen molar-refractivity contribution in [1.82, 2.24) is 0 Å². The van der Waals surface area contributed by atoms with Crippen LogP contribution in [-0.2, 0) is 42.9 Å². The molecular weight excluding hydrogens is 350 g/mol. The molecule has 2 N–H and O–H groups in total. The van der Waals surface area contributed by atoms with E-state index in [1.807, 2.05) is 0 Å². The third-order valence-corrected chi connectivity index (χ3v) is 3.66. The molecule has 0 radical (unpaired) electrons. The molecule has 0 amide bonds. The minimum Gasteiger partial charge on any atom is -0.467 e. The number of ether oxygens (including phenoxy) is 5. The van der Waals surface area contributed by atoms with Crippen molar-refractivity contribution in [3.63, 3.8) is 0 Å². The smallest absolute Gasteiger partial charge is 0.335 e. The van der Waals surface area contributed by atoms with Gasteiger partial charge in [-0.2, -0.15) is 0 Å². The average molecular weight is 375 g/mol. The van der Waals surface area contributed by atoms with Gasteiger partial charge in [-0.05, 0) is 12.8 Å². The summed E-state index contributed by atoms with van der Waals surface area (Å²) in [6.07, 6.45) is -3.56. The first-order valence-corrected chi connectivity index (χ1v) is 8.10. The summed E-state index contributed by atoms with van der Waals surface area (Å²) < 4.78 is 25.6. The molecule has 148 valence electrons. The maximum atomic E-state index is 11.8. The van der Waals surface area contributed by atoms with Crippen molar-refractivity contribution in [1.29, 1.82) is 0 Å². The number of hydrogen-bond donors (Lipinski definition) is 1. The van der Waals surface area contributed by atoms with E-state index in [4.69, 9.17) is 24.7 Å². The fourth-order valence-electron chi connectivity index (χ4n) is 2.68. The first kappa shape index (κ1) is 21.8. The molecule has 0 aromatic rings. The minimum atomic E-state index is -1.12. The second kappa shape index (κ2) is 10.1. The second-order valence-electron chi connectivity index (χ2n) is 5.94. The van der Waals surface area contributed by atoms with Crippen LogP contribution in [0.15, 0.2) is 0 Å². The molecule has 0 aliphatic carbocycles. The molecule has 10 nitrogen and oxygen atoms in total. The highest BCUT2D eigenvalue weighted by Gasteiger charge is 2.43. The molecular formula is C16H25NO9. The first-order chi connectivity index (χ1) is 12.1. The van der Waals surface area contributed by atoms with Crippen LogP contribution in [0.4, 0.5) is 0 Å². The van der Waals surface area contributed by atoms with E-state index in [2.05, 4.69) is 4.74 Å². The van der Waals surface area contributed by atoms with E-state index in [0.29, 0.717) is 0 Å². The van der Waals surface area contributed by atoms with Gasteiger partial charge in [-0.3, -0.25) is 14.4 Å². The SMILES string of the molecule is COC(=O)C1CC(N)CC(C(OC(C)=O)C(COC(C)=O)OC(C)=O)O1. The number of carbonyl (C=O) groups excluding carboxylic acids is 4. The standard InChI is InChI=1S/C16H25NO9/c1-8(18)23-7-14(24-9(2)19)15(25-10(3)20)12-5-11(17)6-13(26-12)16(21)22-4/h11-15H,5-7,17H2,1-4H3. The second-order valence-corrected chi connectivity index (χ2v) is 5.94. The van der Waals surface area contributed by atoms with Crippen LogP contribution in [0.5, 0.6) is 0 Å². The van der Waals surface area contributed by atoms with Crippen molar-refractivity contribution in [3.8, 4) is 0 Å². The minimum absolute atomic E-state index is 0.234. The number of esters is 4. The van der Waals surface area contributed by atoms with Crippen molar-refractivity contribution in [3.05, 3.63) is 0 Å². The molecule has 0 saturated carbocycles. The highest BCUT2D eigenvalue weighted by atomic mass is 16.6. The Kier molecular flexibility index (Phi) is 8.46. The van der Waals surface area contributed by atoms with E-state index in [0.717, 1.165) is 6.92 Å². The van der Waals surface area contributed by atoms with Crippen molar-refractivity contribution < 1.29 is 42.9 Å². The van der Waals surface area contributed by atoms with Gasteiger partial charge in [-0.15, -0.1) is 0 Å². The zero-order valence-corrected chi connectivity index (χ0v) is 15.3. The Morgan fingerprint density at radius 3 is 2.15 bits per heavy atom. The summed E-state index contributed by atoms with van der Waals surface area (Å²) in [6, 6.07) is -0.428. The van der Waals surface area contributed by atoms with Crippen molar-refractivity contribution in [2.75, 3.05) is 13.7 Å². The van der Waals surface area contributed by atoms with Crippen molar-refractivity contribution >= 4 is 23.9 Å². The van der Waals surface area contributed by atoms with Crippen LogP contribution in [0.2, 0.25) is 0 Å². The molecule has 5 atom stereocenters. The monoisotopic (exact) mass is 375 g/mol. The lowest BCUT2D eigenvalue weighted by molar-refractivity contribution is -0.201. The van der Waals surface area contributed by atoms with E-state index in [1.165, 1.54) is 21.0 Å². The summed E-state index contributed by atoms with van der Waals surface area (Å²) >= 11 is 0. The summed E-state index contributed by atoms with van der Waals surface area (Å²) in [6.45, 7) is 3.18. The van der Waals surface area contributed by atoms with Gasteiger partial charge in [0.2, 0.25) is 0 Å². The Balaban J connectivity index is 3.05. The van der Waals surface area contributed by atoms with Gasteiger partial charge in [-0.1, -0.05) is 0 Å². The van der Waals surface area contributed by atoms with E-state index < -0.39 is 54.3 Å². The van der Waals surface area contributed by atoms with Gasteiger partial charge in [0.15, 0.2) is 18.3 Å².